The molecule has 0 heterocycles. The zero-order chi connectivity index (χ0) is 27.0. The van der Waals surface area contributed by atoms with Gasteiger partial charge in [0, 0.05) is 12.1 Å². The summed E-state index contributed by atoms with van der Waals surface area (Å²) in [6.07, 6.45) is 10.6. The molecule has 0 radical (unpaired) electrons. The van der Waals surface area contributed by atoms with Crippen molar-refractivity contribution in [3.8, 4) is 12.5 Å². The van der Waals surface area contributed by atoms with E-state index in [1.54, 1.807) is 20.8 Å². The molecular formula is C29H43N3O4. The average molecular weight is 498 g/mol. The molecule has 0 saturated heterocycles. The quantitative estimate of drug-likeness (QED) is 0.384. The highest BCUT2D eigenvalue weighted by molar-refractivity contribution is 5.93. The van der Waals surface area contributed by atoms with Crippen LogP contribution in [0.4, 0.5) is 4.79 Å². The van der Waals surface area contributed by atoms with Gasteiger partial charge in [-0.2, -0.15) is 0 Å². The number of hydrogen-bond donors (Lipinski definition) is 2. The molecule has 0 aliphatic heterocycles. The van der Waals surface area contributed by atoms with Gasteiger partial charge in [-0.3, -0.25) is 14.5 Å². The van der Waals surface area contributed by atoms with Crippen LogP contribution >= 0.6 is 0 Å². The predicted octanol–water partition coefficient (Wildman–Crippen LogP) is 5.15. The Labute approximate surface area is 216 Å². The van der Waals surface area contributed by atoms with Crippen LogP contribution in [0, 0.1) is 32.2 Å². The number of nitrogens with one attached hydrogen (secondary N) is 2. The molecule has 1 saturated carbocycles. The third kappa shape index (κ3) is 8.58. The standard InChI is InChI=1S/C29H43N3O4/c1-9-32(27(34)24(17-19(2)3)31-28(35)36-29(6,7)8)25(22-16-15-20(4)21(5)18-22)26(33)30-23-13-11-10-12-14-23/h1,15-16,18-19,23-25H,10-14,17H2,2-8H3,(H,30,33)(H,31,35). The SMILES string of the molecule is C#CN(C(=O)C(CC(C)C)NC(=O)OC(C)(C)C)C(C(=O)NC1CCCCC1)c1ccc(C)c(C)c1. The Morgan fingerprint density at radius 1 is 1.11 bits per heavy atom. The number of terminal acetylenes is 1. The molecule has 1 aromatic carbocycles. The van der Waals surface area contributed by atoms with Crippen molar-refractivity contribution in [3.05, 3.63) is 34.9 Å². The number of hydrogen-bond acceptors (Lipinski definition) is 4. The van der Waals surface area contributed by atoms with Crippen molar-refractivity contribution in [1.82, 2.24) is 15.5 Å². The molecule has 2 unspecified atom stereocenters. The van der Waals surface area contributed by atoms with Crippen LogP contribution in [0.2, 0.25) is 0 Å². The van der Waals surface area contributed by atoms with Crippen molar-refractivity contribution in [1.29, 1.82) is 0 Å². The Kier molecular flexibility index (Phi) is 10.4. The van der Waals surface area contributed by atoms with Crippen molar-refractivity contribution in [3.63, 3.8) is 0 Å². The molecule has 36 heavy (non-hydrogen) atoms. The fraction of sp³-hybridized carbons (Fsp3) is 0.621. The Balaban J connectivity index is 2.41. The lowest BCUT2D eigenvalue weighted by Crippen LogP contribution is -2.52. The van der Waals surface area contributed by atoms with Gasteiger partial charge in [-0.15, -0.1) is 0 Å². The van der Waals surface area contributed by atoms with E-state index >= 15 is 0 Å². The molecule has 3 amide bonds. The van der Waals surface area contributed by atoms with Crippen LogP contribution < -0.4 is 10.6 Å². The fourth-order valence-electron chi connectivity index (χ4n) is 4.46. The van der Waals surface area contributed by atoms with Crippen LogP contribution in [-0.2, 0) is 14.3 Å². The molecular weight excluding hydrogens is 454 g/mol. The minimum atomic E-state index is -1.01. The summed E-state index contributed by atoms with van der Waals surface area (Å²) in [6, 6.07) is 6.23. The van der Waals surface area contributed by atoms with Crippen molar-refractivity contribution >= 4 is 17.9 Å². The zero-order valence-corrected chi connectivity index (χ0v) is 22.9. The van der Waals surface area contributed by atoms with Gasteiger partial charge in [0.25, 0.3) is 5.91 Å². The Hall–Kier alpha value is -3.01. The number of amides is 3. The van der Waals surface area contributed by atoms with Gasteiger partial charge in [0.2, 0.25) is 5.91 Å². The number of benzene rings is 1. The number of carbonyl (C=O) groups excluding carboxylic acids is 3. The fourth-order valence-corrected chi connectivity index (χ4v) is 4.46. The Morgan fingerprint density at radius 3 is 2.28 bits per heavy atom. The molecule has 198 valence electrons. The lowest BCUT2D eigenvalue weighted by molar-refractivity contribution is -0.139. The van der Waals surface area contributed by atoms with Crippen molar-refractivity contribution in [2.24, 2.45) is 5.92 Å². The van der Waals surface area contributed by atoms with Crippen LogP contribution in [0.25, 0.3) is 0 Å². The second-order valence-electron chi connectivity index (χ2n) is 11.3. The van der Waals surface area contributed by atoms with Crippen LogP contribution in [0.1, 0.15) is 95.9 Å². The molecule has 1 aromatic rings. The van der Waals surface area contributed by atoms with E-state index in [0.29, 0.717) is 12.0 Å². The number of ether oxygens (including phenoxy) is 1. The third-order valence-electron chi connectivity index (χ3n) is 6.38. The molecule has 2 N–H and O–H groups in total. The highest BCUT2D eigenvalue weighted by atomic mass is 16.6. The number of carbonyl (C=O) groups is 3. The maximum absolute atomic E-state index is 13.8. The first-order valence-electron chi connectivity index (χ1n) is 13.0. The van der Waals surface area contributed by atoms with Crippen LogP contribution in [-0.4, -0.2) is 40.5 Å². The molecule has 7 heteroatoms. The van der Waals surface area contributed by atoms with Gasteiger partial charge in [-0.05, 0) is 76.5 Å². The van der Waals surface area contributed by atoms with E-state index in [0.717, 1.165) is 48.1 Å². The number of rotatable bonds is 8. The van der Waals surface area contributed by atoms with Gasteiger partial charge >= 0.3 is 6.09 Å². The van der Waals surface area contributed by atoms with Gasteiger partial charge in [0.1, 0.15) is 17.7 Å². The normalized spacial score (nSPS) is 16.0. The molecule has 0 aromatic heterocycles. The summed E-state index contributed by atoms with van der Waals surface area (Å²) in [5.41, 5.74) is 1.99. The molecule has 1 aliphatic rings. The Bertz CT molecular complexity index is 968. The van der Waals surface area contributed by atoms with E-state index in [2.05, 4.69) is 16.7 Å². The van der Waals surface area contributed by atoms with Gasteiger partial charge in [-0.25, -0.2) is 4.79 Å². The number of aryl methyl sites for hydroxylation is 2. The molecule has 2 rings (SSSR count). The summed E-state index contributed by atoms with van der Waals surface area (Å²) in [6.45, 7) is 13.1. The van der Waals surface area contributed by atoms with Gasteiger partial charge in [0.05, 0.1) is 0 Å². The van der Waals surface area contributed by atoms with Crippen molar-refractivity contribution < 1.29 is 19.1 Å². The molecule has 1 fully saturated rings. The molecule has 7 nitrogen and oxygen atoms in total. The lowest BCUT2D eigenvalue weighted by atomic mass is 9.94. The van der Waals surface area contributed by atoms with Crippen LogP contribution in [0.3, 0.4) is 0 Å². The monoisotopic (exact) mass is 497 g/mol. The second-order valence-corrected chi connectivity index (χ2v) is 11.3. The van der Waals surface area contributed by atoms with Gasteiger partial charge in [0.15, 0.2) is 0 Å². The summed E-state index contributed by atoms with van der Waals surface area (Å²) in [7, 11) is 0. The van der Waals surface area contributed by atoms with E-state index in [1.807, 2.05) is 45.9 Å². The first kappa shape index (κ1) is 29.2. The number of nitrogens with zero attached hydrogens (tertiary/aromatic N) is 1. The summed E-state index contributed by atoms with van der Waals surface area (Å²) in [4.78, 5) is 41.1. The van der Waals surface area contributed by atoms with Gasteiger partial charge < -0.3 is 15.4 Å². The zero-order valence-electron chi connectivity index (χ0n) is 22.9. The van der Waals surface area contributed by atoms with E-state index in [4.69, 9.17) is 11.2 Å². The van der Waals surface area contributed by atoms with Gasteiger partial charge in [-0.1, -0.05) is 57.7 Å². The van der Waals surface area contributed by atoms with E-state index in [9.17, 15) is 14.4 Å². The third-order valence-corrected chi connectivity index (χ3v) is 6.38. The molecule has 1 aliphatic carbocycles. The average Bonchev–Trinajstić information content (AvgIpc) is 2.77. The highest BCUT2D eigenvalue weighted by Crippen LogP contribution is 2.26. The highest BCUT2D eigenvalue weighted by Gasteiger charge is 2.37. The maximum Gasteiger partial charge on any atom is 0.408 e. The first-order chi connectivity index (χ1) is 16.8. The smallest absolute Gasteiger partial charge is 0.408 e. The maximum atomic E-state index is 13.8. The summed E-state index contributed by atoms with van der Waals surface area (Å²) in [5.74, 6) is -0.735. The number of alkyl carbamates (subject to hydrolysis) is 1. The predicted molar refractivity (Wildman–Crippen MR) is 142 cm³/mol. The topological polar surface area (TPSA) is 87.7 Å². The summed E-state index contributed by atoms with van der Waals surface area (Å²) in [5, 5.41) is 5.82. The Morgan fingerprint density at radius 2 is 1.75 bits per heavy atom. The molecule has 0 spiro atoms. The van der Waals surface area contributed by atoms with Crippen LogP contribution in [0.15, 0.2) is 18.2 Å². The van der Waals surface area contributed by atoms with Crippen molar-refractivity contribution in [2.75, 3.05) is 0 Å². The summed E-state index contributed by atoms with van der Waals surface area (Å²) >= 11 is 0. The van der Waals surface area contributed by atoms with E-state index in [-0.39, 0.29) is 17.9 Å². The van der Waals surface area contributed by atoms with Crippen LogP contribution in [0.5, 0.6) is 0 Å². The van der Waals surface area contributed by atoms with E-state index in [1.165, 1.54) is 0 Å². The molecule has 2 atom stereocenters. The molecule has 0 bridgehead atoms. The lowest BCUT2D eigenvalue weighted by Gasteiger charge is -2.32. The second kappa shape index (κ2) is 12.8. The van der Waals surface area contributed by atoms with Crippen molar-refractivity contribution in [2.45, 2.75) is 111 Å². The largest absolute Gasteiger partial charge is 0.444 e. The summed E-state index contributed by atoms with van der Waals surface area (Å²) < 4.78 is 5.38. The minimum absolute atomic E-state index is 0.0568. The first-order valence-corrected chi connectivity index (χ1v) is 13.0. The minimum Gasteiger partial charge on any atom is -0.444 e. The van der Waals surface area contributed by atoms with E-state index < -0.39 is 29.7 Å².